The largest absolute Gasteiger partial charge is 0.380 e. The maximum Gasteiger partial charge on any atom is 0.152 e. The third kappa shape index (κ3) is 4.04. The topological polar surface area (TPSA) is 39.2 Å². The number of nitrogens with zero attached hydrogens (tertiary/aromatic N) is 1. The summed E-state index contributed by atoms with van der Waals surface area (Å²) in [5.74, 6) is 11.3. The van der Waals surface area contributed by atoms with Gasteiger partial charge < -0.3 is 4.74 Å². The second-order valence-electron chi connectivity index (χ2n) is 4.15. The molecule has 0 atom stereocenters. The number of ether oxygens (including phenoxy) is 1. The summed E-state index contributed by atoms with van der Waals surface area (Å²) in [5, 5.41) is 0. The van der Waals surface area contributed by atoms with Crippen LogP contribution in [0, 0.1) is 23.7 Å². The van der Waals surface area contributed by atoms with Gasteiger partial charge in [0, 0.05) is 24.4 Å². The van der Waals surface area contributed by atoms with Crippen LogP contribution in [0.2, 0.25) is 0 Å². The smallest absolute Gasteiger partial charge is 0.152 e. The van der Waals surface area contributed by atoms with E-state index in [0.717, 1.165) is 17.4 Å². The lowest BCUT2D eigenvalue weighted by Gasteiger charge is -2.01. The second kappa shape index (κ2) is 7.65. The summed E-state index contributed by atoms with van der Waals surface area (Å²) in [6, 6.07) is 11.1. The Hall–Kier alpha value is -2.88. The average molecular weight is 275 g/mol. The minimum atomic E-state index is 0.437. The molecule has 0 amide bonds. The van der Waals surface area contributed by atoms with Gasteiger partial charge in [-0.3, -0.25) is 4.79 Å². The van der Waals surface area contributed by atoms with E-state index < -0.39 is 0 Å². The Morgan fingerprint density at radius 2 is 1.95 bits per heavy atom. The van der Waals surface area contributed by atoms with Crippen molar-refractivity contribution < 1.29 is 9.53 Å². The lowest BCUT2D eigenvalue weighted by atomic mass is 10.1. The van der Waals surface area contributed by atoms with Crippen molar-refractivity contribution in [1.82, 2.24) is 4.98 Å². The van der Waals surface area contributed by atoms with Gasteiger partial charge in [-0.05, 0) is 41.5 Å². The summed E-state index contributed by atoms with van der Waals surface area (Å²) in [4.78, 5) is 14.9. The number of methoxy groups -OCH3 is 1. The van der Waals surface area contributed by atoms with E-state index >= 15 is 0 Å². The minimum Gasteiger partial charge on any atom is -0.380 e. The molecule has 0 aliphatic carbocycles. The van der Waals surface area contributed by atoms with Gasteiger partial charge in [0.2, 0.25) is 0 Å². The number of carbonyl (C=O) groups excluding carboxylic acids is 1. The summed E-state index contributed by atoms with van der Waals surface area (Å²) in [6.45, 7) is 0.508. The Balaban J connectivity index is 2.22. The van der Waals surface area contributed by atoms with Crippen molar-refractivity contribution in [3.63, 3.8) is 0 Å². The highest BCUT2D eigenvalue weighted by molar-refractivity contribution is 5.78. The Labute approximate surface area is 124 Å². The normalized spacial score (nSPS) is 9.00. The van der Waals surface area contributed by atoms with E-state index in [-0.39, 0.29) is 0 Å². The van der Waals surface area contributed by atoms with Crippen LogP contribution in [0.4, 0.5) is 0 Å². The molecule has 0 aliphatic rings. The van der Waals surface area contributed by atoms with E-state index in [1.165, 1.54) is 0 Å². The first-order valence-electron chi connectivity index (χ1n) is 6.34. The van der Waals surface area contributed by atoms with Crippen molar-refractivity contribution in [1.29, 1.82) is 0 Å². The number of rotatable bonds is 3. The van der Waals surface area contributed by atoms with E-state index in [0.29, 0.717) is 17.9 Å². The Kier molecular flexibility index (Phi) is 5.29. The molecule has 0 saturated carbocycles. The lowest BCUT2D eigenvalue weighted by molar-refractivity contribution is 0.112. The molecule has 0 aliphatic heterocycles. The fraction of sp³-hybridized carbons (Fsp3) is 0.111. The highest BCUT2D eigenvalue weighted by atomic mass is 16.5. The SMILES string of the molecule is COCc1ccccc1C#CC#Cc1ncccc1C=O. The molecule has 2 rings (SSSR count). The maximum absolute atomic E-state index is 10.8. The predicted molar refractivity (Wildman–Crippen MR) is 80.5 cm³/mol. The van der Waals surface area contributed by atoms with Gasteiger partial charge in [-0.15, -0.1) is 0 Å². The van der Waals surface area contributed by atoms with Crippen molar-refractivity contribution in [3.8, 4) is 23.7 Å². The fourth-order valence-electron chi connectivity index (χ4n) is 1.73. The van der Waals surface area contributed by atoms with E-state index in [9.17, 15) is 4.79 Å². The number of hydrogen-bond acceptors (Lipinski definition) is 3. The summed E-state index contributed by atoms with van der Waals surface area (Å²) < 4.78 is 5.12. The summed E-state index contributed by atoms with van der Waals surface area (Å²) in [6.07, 6.45) is 2.33. The van der Waals surface area contributed by atoms with Crippen molar-refractivity contribution in [2.75, 3.05) is 7.11 Å². The molecule has 3 heteroatoms. The zero-order valence-electron chi connectivity index (χ0n) is 11.6. The number of benzene rings is 1. The van der Waals surface area contributed by atoms with Crippen molar-refractivity contribution in [2.24, 2.45) is 0 Å². The number of aldehydes is 1. The maximum atomic E-state index is 10.8. The van der Waals surface area contributed by atoms with Gasteiger partial charge in [0.1, 0.15) is 5.69 Å². The van der Waals surface area contributed by atoms with E-state index in [1.807, 2.05) is 24.3 Å². The summed E-state index contributed by atoms with van der Waals surface area (Å²) in [5.41, 5.74) is 2.80. The van der Waals surface area contributed by atoms with Crippen LogP contribution in [0.3, 0.4) is 0 Å². The molecule has 0 fully saturated rings. The van der Waals surface area contributed by atoms with Crippen molar-refractivity contribution in [3.05, 3.63) is 65.0 Å². The van der Waals surface area contributed by atoms with Gasteiger partial charge in [-0.1, -0.05) is 24.1 Å². The molecule has 2 aromatic rings. The second-order valence-corrected chi connectivity index (χ2v) is 4.15. The van der Waals surface area contributed by atoms with Crippen molar-refractivity contribution >= 4 is 6.29 Å². The minimum absolute atomic E-state index is 0.437. The van der Waals surface area contributed by atoms with Crippen LogP contribution < -0.4 is 0 Å². The van der Waals surface area contributed by atoms with Gasteiger partial charge in [-0.25, -0.2) is 4.98 Å². The van der Waals surface area contributed by atoms with Crippen LogP contribution in [0.1, 0.15) is 27.2 Å². The Morgan fingerprint density at radius 3 is 2.76 bits per heavy atom. The third-order valence-corrected chi connectivity index (χ3v) is 2.72. The third-order valence-electron chi connectivity index (χ3n) is 2.72. The molecule has 21 heavy (non-hydrogen) atoms. The van der Waals surface area contributed by atoms with Gasteiger partial charge in [0.25, 0.3) is 0 Å². The molecule has 0 N–H and O–H groups in total. The highest BCUT2D eigenvalue weighted by Gasteiger charge is 1.97. The first kappa shape index (κ1) is 14.5. The Bertz CT molecular complexity index is 758. The fourth-order valence-corrected chi connectivity index (χ4v) is 1.73. The zero-order valence-corrected chi connectivity index (χ0v) is 11.6. The van der Waals surface area contributed by atoms with Gasteiger partial charge in [0.05, 0.1) is 6.61 Å². The van der Waals surface area contributed by atoms with Crippen LogP contribution in [-0.2, 0) is 11.3 Å². The molecule has 1 aromatic carbocycles. The average Bonchev–Trinajstić information content (AvgIpc) is 2.53. The van der Waals surface area contributed by atoms with Gasteiger partial charge in [-0.2, -0.15) is 0 Å². The van der Waals surface area contributed by atoms with Crippen LogP contribution in [-0.4, -0.2) is 18.4 Å². The molecule has 3 nitrogen and oxygen atoms in total. The molecule has 0 unspecified atom stereocenters. The standard InChI is InChI=1S/C18H13NO2/c1-21-14-17-9-3-2-7-15(17)8-4-5-11-18-16(13-20)10-6-12-19-18/h2-3,6-7,9-10,12-13H,14H2,1H3. The number of pyridine rings is 1. The summed E-state index contributed by atoms with van der Waals surface area (Å²) >= 11 is 0. The predicted octanol–water partition coefficient (Wildman–Crippen LogP) is 2.44. The van der Waals surface area contributed by atoms with Crippen LogP contribution in [0.15, 0.2) is 42.6 Å². The van der Waals surface area contributed by atoms with Crippen LogP contribution in [0.5, 0.6) is 0 Å². The van der Waals surface area contributed by atoms with Crippen LogP contribution in [0.25, 0.3) is 0 Å². The Morgan fingerprint density at radius 1 is 1.14 bits per heavy atom. The van der Waals surface area contributed by atoms with Gasteiger partial charge >= 0.3 is 0 Å². The molecule has 1 heterocycles. The molecule has 0 saturated heterocycles. The van der Waals surface area contributed by atoms with Crippen molar-refractivity contribution in [2.45, 2.75) is 6.61 Å². The number of carbonyl (C=O) groups is 1. The molecular formula is C18H13NO2. The van der Waals surface area contributed by atoms with Gasteiger partial charge in [0.15, 0.2) is 6.29 Å². The first-order valence-corrected chi connectivity index (χ1v) is 6.34. The van der Waals surface area contributed by atoms with E-state index in [4.69, 9.17) is 4.74 Å². The zero-order chi connectivity index (χ0) is 14.9. The molecular weight excluding hydrogens is 262 g/mol. The van der Waals surface area contributed by atoms with E-state index in [2.05, 4.69) is 28.7 Å². The van der Waals surface area contributed by atoms with E-state index in [1.54, 1.807) is 25.4 Å². The monoisotopic (exact) mass is 275 g/mol. The molecule has 0 radical (unpaired) electrons. The molecule has 1 aromatic heterocycles. The number of aromatic nitrogens is 1. The quantitative estimate of drug-likeness (QED) is 0.638. The lowest BCUT2D eigenvalue weighted by Crippen LogP contribution is -1.91. The number of hydrogen-bond donors (Lipinski definition) is 0. The first-order chi connectivity index (χ1) is 10.3. The highest BCUT2D eigenvalue weighted by Crippen LogP contribution is 2.08. The summed E-state index contributed by atoms with van der Waals surface area (Å²) in [7, 11) is 1.64. The van der Waals surface area contributed by atoms with Crippen LogP contribution >= 0.6 is 0 Å². The molecule has 0 spiro atoms. The molecule has 102 valence electrons. The molecule has 0 bridgehead atoms.